The molecule has 1 unspecified atom stereocenters. The monoisotopic (exact) mass is 282 g/mol. The molecule has 1 atom stereocenters. The van der Waals surface area contributed by atoms with E-state index < -0.39 is 0 Å². The summed E-state index contributed by atoms with van der Waals surface area (Å²) in [4.78, 5) is 12.9. The van der Waals surface area contributed by atoms with E-state index in [9.17, 15) is 0 Å². The Morgan fingerprint density at radius 3 is 2.67 bits per heavy atom. The fourth-order valence-electron chi connectivity index (χ4n) is 1.82. The van der Waals surface area contributed by atoms with Crippen molar-refractivity contribution >= 4 is 0 Å². The molecule has 6 heteroatoms. The lowest BCUT2D eigenvalue weighted by Crippen LogP contribution is -1.95. The van der Waals surface area contributed by atoms with Crippen molar-refractivity contribution in [3.05, 3.63) is 48.6 Å². The second-order valence-corrected chi connectivity index (χ2v) is 4.48. The highest BCUT2D eigenvalue weighted by molar-refractivity contribution is 5.60. The molecule has 0 aliphatic rings. The number of aromatic nitrogens is 4. The Morgan fingerprint density at radius 2 is 2.00 bits per heavy atom. The van der Waals surface area contributed by atoms with Gasteiger partial charge in [-0.15, -0.1) is 0 Å². The number of hydrogen-bond donors (Lipinski definition) is 0. The largest absolute Gasteiger partial charge is 0.372 e. The van der Waals surface area contributed by atoms with E-state index in [-0.39, 0.29) is 6.10 Å². The van der Waals surface area contributed by atoms with Gasteiger partial charge in [0.05, 0.1) is 5.69 Å². The van der Waals surface area contributed by atoms with Crippen LogP contribution in [0.4, 0.5) is 0 Å². The average molecular weight is 282 g/mol. The molecule has 106 valence electrons. The van der Waals surface area contributed by atoms with Gasteiger partial charge in [-0.2, -0.15) is 4.98 Å². The van der Waals surface area contributed by atoms with Gasteiger partial charge in [0.25, 0.3) is 5.89 Å². The van der Waals surface area contributed by atoms with E-state index in [0.29, 0.717) is 17.4 Å². The molecule has 3 aromatic rings. The number of pyridine rings is 2. The van der Waals surface area contributed by atoms with Gasteiger partial charge in [0.2, 0.25) is 5.82 Å². The highest BCUT2D eigenvalue weighted by Gasteiger charge is 2.15. The van der Waals surface area contributed by atoms with E-state index in [1.807, 2.05) is 37.3 Å². The van der Waals surface area contributed by atoms with Crippen LogP contribution in [0.1, 0.15) is 18.9 Å². The zero-order valence-corrected chi connectivity index (χ0v) is 11.7. The predicted molar refractivity (Wildman–Crippen MR) is 76.2 cm³/mol. The fraction of sp³-hybridized carbons (Fsp3) is 0.200. The lowest BCUT2D eigenvalue weighted by atomic mass is 10.2. The molecular formula is C15H14N4O2. The van der Waals surface area contributed by atoms with Crippen LogP contribution >= 0.6 is 0 Å². The van der Waals surface area contributed by atoms with Crippen LogP contribution in [-0.2, 0) is 4.74 Å². The highest BCUT2D eigenvalue weighted by atomic mass is 16.5. The molecule has 0 amide bonds. The molecule has 3 heterocycles. The predicted octanol–water partition coefficient (Wildman–Crippen LogP) is 2.90. The lowest BCUT2D eigenvalue weighted by molar-refractivity contribution is 0.0886. The highest BCUT2D eigenvalue weighted by Crippen LogP contribution is 2.21. The average Bonchev–Trinajstić information content (AvgIpc) is 3.05. The SMILES string of the molecule is COC(C)c1nc(-c2ccc(-c3ccccn3)cn2)no1. The third kappa shape index (κ3) is 2.80. The van der Waals surface area contributed by atoms with E-state index in [1.54, 1.807) is 19.5 Å². The Hall–Kier alpha value is -2.60. The van der Waals surface area contributed by atoms with Crippen LogP contribution in [0, 0.1) is 0 Å². The van der Waals surface area contributed by atoms with Gasteiger partial charge in [0.1, 0.15) is 11.8 Å². The molecule has 0 aliphatic carbocycles. The molecule has 0 N–H and O–H groups in total. The van der Waals surface area contributed by atoms with Crippen LogP contribution in [0.25, 0.3) is 22.8 Å². The zero-order chi connectivity index (χ0) is 14.7. The van der Waals surface area contributed by atoms with Crippen molar-refractivity contribution in [2.24, 2.45) is 0 Å². The van der Waals surface area contributed by atoms with Gasteiger partial charge in [-0.3, -0.25) is 9.97 Å². The van der Waals surface area contributed by atoms with E-state index in [1.165, 1.54) is 0 Å². The molecule has 0 radical (unpaired) electrons. The van der Waals surface area contributed by atoms with Crippen LogP contribution in [0.2, 0.25) is 0 Å². The van der Waals surface area contributed by atoms with Crippen LogP contribution in [-0.4, -0.2) is 27.2 Å². The molecular weight excluding hydrogens is 268 g/mol. The van der Waals surface area contributed by atoms with Crippen molar-refractivity contribution in [2.75, 3.05) is 7.11 Å². The molecule has 3 aromatic heterocycles. The molecule has 0 bridgehead atoms. The van der Waals surface area contributed by atoms with Gasteiger partial charge >= 0.3 is 0 Å². The molecule has 0 fully saturated rings. The summed E-state index contributed by atoms with van der Waals surface area (Å²) in [6, 6.07) is 9.52. The van der Waals surface area contributed by atoms with E-state index in [0.717, 1.165) is 11.3 Å². The summed E-state index contributed by atoms with van der Waals surface area (Å²) in [6.07, 6.45) is 3.26. The molecule has 6 nitrogen and oxygen atoms in total. The van der Waals surface area contributed by atoms with Crippen molar-refractivity contribution in [2.45, 2.75) is 13.0 Å². The normalized spacial score (nSPS) is 12.3. The van der Waals surface area contributed by atoms with Crippen molar-refractivity contribution < 1.29 is 9.26 Å². The molecule has 21 heavy (non-hydrogen) atoms. The van der Waals surface area contributed by atoms with E-state index >= 15 is 0 Å². The second kappa shape index (κ2) is 5.80. The van der Waals surface area contributed by atoms with Crippen LogP contribution in [0.15, 0.2) is 47.2 Å². The maximum Gasteiger partial charge on any atom is 0.255 e. The first kappa shape index (κ1) is 13.4. The molecule has 0 aromatic carbocycles. The Balaban J connectivity index is 1.86. The standard InChI is InChI=1S/C15H14N4O2/c1-10(20-2)15-18-14(19-21-15)13-7-6-11(9-17-13)12-5-3-4-8-16-12/h3-10H,1-2H3. The maximum absolute atomic E-state index is 5.15. The summed E-state index contributed by atoms with van der Waals surface area (Å²) >= 11 is 0. The smallest absolute Gasteiger partial charge is 0.255 e. The lowest BCUT2D eigenvalue weighted by Gasteiger charge is -2.01. The first-order valence-corrected chi connectivity index (χ1v) is 6.52. The van der Waals surface area contributed by atoms with Crippen molar-refractivity contribution in [1.29, 1.82) is 0 Å². The minimum absolute atomic E-state index is 0.237. The van der Waals surface area contributed by atoms with Crippen LogP contribution in [0.3, 0.4) is 0 Å². The Labute approximate surface area is 121 Å². The third-order valence-corrected chi connectivity index (χ3v) is 3.10. The fourth-order valence-corrected chi connectivity index (χ4v) is 1.82. The minimum atomic E-state index is -0.237. The first-order chi connectivity index (χ1) is 10.3. The second-order valence-electron chi connectivity index (χ2n) is 4.48. The first-order valence-electron chi connectivity index (χ1n) is 6.52. The van der Waals surface area contributed by atoms with E-state index in [2.05, 4.69) is 20.1 Å². The topological polar surface area (TPSA) is 73.9 Å². The number of nitrogens with zero attached hydrogens (tertiary/aromatic N) is 4. The third-order valence-electron chi connectivity index (χ3n) is 3.10. The van der Waals surface area contributed by atoms with Crippen molar-refractivity contribution in [3.8, 4) is 22.8 Å². The molecule has 0 saturated carbocycles. The number of methoxy groups -OCH3 is 1. The summed E-state index contributed by atoms with van der Waals surface area (Å²) in [5.41, 5.74) is 2.46. The van der Waals surface area contributed by atoms with Gasteiger partial charge < -0.3 is 9.26 Å². The van der Waals surface area contributed by atoms with Gasteiger partial charge in [0.15, 0.2) is 0 Å². The minimum Gasteiger partial charge on any atom is -0.372 e. The van der Waals surface area contributed by atoms with Crippen LogP contribution < -0.4 is 0 Å². The Kier molecular flexibility index (Phi) is 3.70. The number of rotatable bonds is 4. The van der Waals surface area contributed by atoms with E-state index in [4.69, 9.17) is 9.26 Å². The zero-order valence-electron chi connectivity index (χ0n) is 11.7. The molecule has 0 saturated heterocycles. The summed E-state index contributed by atoms with van der Waals surface area (Å²) in [6.45, 7) is 1.84. The van der Waals surface area contributed by atoms with Crippen molar-refractivity contribution in [1.82, 2.24) is 20.1 Å². The van der Waals surface area contributed by atoms with Gasteiger partial charge in [0, 0.05) is 25.1 Å². The Bertz CT molecular complexity index is 710. The Morgan fingerprint density at radius 1 is 1.10 bits per heavy atom. The summed E-state index contributed by atoms with van der Waals surface area (Å²) in [7, 11) is 1.59. The van der Waals surface area contributed by atoms with Gasteiger partial charge in [-0.1, -0.05) is 11.2 Å². The maximum atomic E-state index is 5.15. The quantitative estimate of drug-likeness (QED) is 0.732. The van der Waals surface area contributed by atoms with Crippen molar-refractivity contribution in [3.63, 3.8) is 0 Å². The van der Waals surface area contributed by atoms with Gasteiger partial charge in [-0.25, -0.2) is 0 Å². The molecule has 3 rings (SSSR count). The molecule has 0 spiro atoms. The number of hydrogen-bond acceptors (Lipinski definition) is 6. The summed E-state index contributed by atoms with van der Waals surface area (Å²) in [5, 5.41) is 3.91. The summed E-state index contributed by atoms with van der Waals surface area (Å²) < 4.78 is 10.3. The van der Waals surface area contributed by atoms with Gasteiger partial charge in [-0.05, 0) is 31.2 Å². The number of ether oxygens (including phenoxy) is 1. The molecule has 0 aliphatic heterocycles. The van der Waals surface area contributed by atoms with Crippen LogP contribution in [0.5, 0.6) is 0 Å². The summed E-state index contributed by atoms with van der Waals surface area (Å²) in [5.74, 6) is 0.879.